The Hall–Kier alpha value is -3.46. The van der Waals surface area contributed by atoms with E-state index in [1.165, 1.54) is 19.2 Å². The van der Waals surface area contributed by atoms with Crippen LogP contribution >= 0.6 is 11.8 Å². The minimum absolute atomic E-state index is 0.218. The molecule has 0 radical (unpaired) electrons. The zero-order valence-electron chi connectivity index (χ0n) is 16.1. The van der Waals surface area contributed by atoms with Gasteiger partial charge < -0.3 is 20.3 Å². The molecule has 0 spiro atoms. The van der Waals surface area contributed by atoms with Crippen LogP contribution in [0.25, 0.3) is 6.08 Å². The van der Waals surface area contributed by atoms with Crippen molar-refractivity contribution in [3.8, 4) is 17.2 Å². The standard InChI is InChI=1S/C21H20N2O6S/c1-29-15-4-2-3-14(9-15)11-18-20(27)23(21(28)30-18)12-19(26)22-8-7-13-5-6-16(24)17(25)10-13/h2-6,9-11,24-25H,7-8,12H2,1H3,(H,22,26)/b18-11-. The highest BCUT2D eigenvalue weighted by atomic mass is 32.2. The van der Waals surface area contributed by atoms with Crippen molar-refractivity contribution in [3.63, 3.8) is 0 Å². The van der Waals surface area contributed by atoms with Crippen LogP contribution in [0.5, 0.6) is 17.2 Å². The topological polar surface area (TPSA) is 116 Å². The van der Waals surface area contributed by atoms with Gasteiger partial charge in [-0.25, -0.2) is 0 Å². The lowest BCUT2D eigenvalue weighted by Gasteiger charge is -2.12. The van der Waals surface area contributed by atoms with Crippen molar-refractivity contribution in [2.45, 2.75) is 6.42 Å². The number of phenols is 2. The Kier molecular flexibility index (Phi) is 6.63. The lowest BCUT2D eigenvalue weighted by atomic mass is 10.1. The van der Waals surface area contributed by atoms with Crippen LogP contribution in [0, 0.1) is 0 Å². The Morgan fingerprint density at radius 2 is 1.97 bits per heavy atom. The van der Waals surface area contributed by atoms with E-state index in [-0.39, 0.29) is 29.5 Å². The number of amides is 3. The van der Waals surface area contributed by atoms with Gasteiger partial charge in [-0.3, -0.25) is 19.3 Å². The summed E-state index contributed by atoms with van der Waals surface area (Å²) in [6.07, 6.45) is 2.00. The quantitative estimate of drug-likeness (QED) is 0.458. The number of hydrogen-bond donors (Lipinski definition) is 3. The summed E-state index contributed by atoms with van der Waals surface area (Å²) in [6.45, 7) is -0.125. The number of benzene rings is 2. The molecule has 1 saturated heterocycles. The Morgan fingerprint density at radius 3 is 2.70 bits per heavy atom. The summed E-state index contributed by atoms with van der Waals surface area (Å²) in [5, 5.41) is 20.9. The van der Waals surface area contributed by atoms with Gasteiger partial charge >= 0.3 is 0 Å². The minimum atomic E-state index is -0.522. The maximum atomic E-state index is 12.5. The first-order valence-corrected chi connectivity index (χ1v) is 9.86. The number of phenolic OH excluding ortho intramolecular Hbond substituents is 2. The molecule has 1 aliphatic rings. The first-order valence-electron chi connectivity index (χ1n) is 9.04. The van der Waals surface area contributed by atoms with Gasteiger partial charge in [-0.2, -0.15) is 0 Å². The number of imide groups is 1. The van der Waals surface area contributed by atoms with Gasteiger partial charge in [0.1, 0.15) is 12.3 Å². The predicted molar refractivity (Wildman–Crippen MR) is 112 cm³/mol. The maximum Gasteiger partial charge on any atom is 0.294 e. The third kappa shape index (κ3) is 5.12. The summed E-state index contributed by atoms with van der Waals surface area (Å²) >= 11 is 0.782. The van der Waals surface area contributed by atoms with Crippen molar-refractivity contribution in [2.24, 2.45) is 0 Å². The second-order valence-corrected chi connectivity index (χ2v) is 7.46. The van der Waals surface area contributed by atoms with E-state index in [2.05, 4.69) is 5.32 Å². The van der Waals surface area contributed by atoms with E-state index in [1.54, 1.807) is 36.4 Å². The Bertz CT molecular complexity index is 1020. The molecule has 0 atom stereocenters. The summed E-state index contributed by atoms with van der Waals surface area (Å²) in [7, 11) is 1.54. The number of methoxy groups -OCH3 is 1. The highest BCUT2D eigenvalue weighted by Crippen LogP contribution is 2.32. The molecule has 0 aromatic heterocycles. The van der Waals surface area contributed by atoms with Crippen molar-refractivity contribution < 1.29 is 29.3 Å². The summed E-state index contributed by atoms with van der Waals surface area (Å²) in [5.41, 5.74) is 1.43. The number of ether oxygens (including phenoxy) is 1. The van der Waals surface area contributed by atoms with E-state index < -0.39 is 17.1 Å². The highest BCUT2D eigenvalue weighted by Gasteiger charge is 2.36. The molecule has 9 heteroatoms. The van der Waals surface area contributed by atoms with Crippen LogP contribution in [-0.2, 0) is 16.0 Å². The smallest absolute Gasteiger partial charge is 0.294 e. The molecule has 3 amide bonds. The van der Waals surface area contributed by atoms with Gasteiger partial charge in [-0.1, -0.05) is 18.2 Å². The molecule has 2 aromatic carbocycles. The summed E-state index contributed by atoms with van der Waals surface area (Å²) in [4.78, 5) is 38.0. The van der Waals surface area contributed by atoms with E-state index >= 15 is 0 Å². The molecule has 1 heterocycles. The number of carbonyl (C=O) groups is 3. The van der Waals surface area contributed by atoms with Crippen molar-refractivity contribution in [1.29, 1.82) is 0 Å². The molecule has 0 unspecified atom stereocenters. The molecule has 3 rings (SSSR count). The first-order chi connectivity index (χ1) is 14.4. The average Bonchev–Trinajstić information content (AvgIpc) is 2.98. The maximum absolute atomic E-state index is 12.5. The molecule has 30 heavy (non-hydrogen) atoms. The molecule has 1 fully saturated rings. The molecular formula is C21H20N2O6S. The Labute approximate surface area is 177 Å². The summed E-state index contributed by atoms with van der Waals surface area (Å²) in [6, 6.07) is 11.5. The van der Waals surface area contributed by atoms with Crippen LogP contribution in [0.4, 0.5) is 4.79 Å². The van der Waals surface area contributed by atoms with Gasteiger partial charge in [0.25, 0.3) is 11.1 Å². The lowest BCUT2D eigenvalue weighted by molar-refractivity contribution is -0.129. The zero-order chi connectivity index (χ0) is 21.7. The van der Waals surface area contributed by atoms with E-state index in [0.717, 1.165) is 22.2 Å². The van der Waals surface area contributed by atoms with Gasteiger partial charge in [0.05, 0.1) is 12.0 Å². The van der Waals surface area contributed by atoms with Crippen molar-refractivity contribution in [2.75, 3.05) is 20.2 Å². The monoisotopic (exact) mass is 428 g/mol. The van der Waals surface area contributed by atoms with E-state index in [1.807, 2.05) is 0 Å². The van der Waals surface area contributed by atoms with E-state index in [0.29, 0.717) is 17.7 Å². The van der Waals surface area contributed by atoms with Crippen LogP contribution in [0.15, 0.2) is 47.4 Å². The third-order valence-corrected chi connectivity index (χ3v) is 5.25. The van der Waals surface area contributed by atoms with Crippen molar-refractivity contribution >= 4 is 34.9 Å². The number of rotatable bonds is 7. The number of hydrogen-bond acceptors (Lipinski definition) is 7. The van der Waals surface area contributed by atoms with Gasteiger partial charge in [-0.05, 0) is 59.7 Å². The summed E-state index contributed by atoms with van der Waals surface area (Å²) < 4.78 is 5.15. The number of nitrogens with one attached hydrogen (secondary N) is 1. The van der Waals surface area contributed by atoms with Crippen LogP contribution < -0.4 is 10.1 Å². The molecule has 0 saturated carbocycles. The van der Waals surface area contributed by atoms with Crippen LogP contribution in [-0.4, -0.2) is 52.4 Å². The second kappa shape index (κ2) is 9.36. The largest absolute Gasteiger partial charge is 0.504 e. The fraction of sp³-hybridized carbons (Fsp3) is 0.190. The van der Waals surface area contributed by atoms with E-state index in [4.69, 9.17) is 4.74 Å². The molecular weight excluding hydrogens is 408 g/mol. The molecule has 8 nitrogen and oxygen atoms in total. The molecule has 1 aliphatic heterocycles. The van der Waals surface area contributed by atoms with E-state index in [9.17, 15) is 24.6 Å². The molecule has 0 bridgehead atoms. The van der Waals surface area contributed by atoms with Crippen molar-refractivity contribution in [3.05, 3.63) is 58.5 Å². The van der Waals surface area contributed by atoms with Gasteiger partial charge in [-0.15, -0.1) is 0 Å². The molecule has 156 valence electrons. The Balaban J connectivity index is 1.56. The van der Waals surface area contributed by atoms with Crippen molar-refractivity contribution in [1.82, 2.24) is 10.2 Å². The number of aromatic hydroxyl groups is 2. The second-order valence-electron chi connectivity index (χ2n) is 6.47. The zero-order valence-corrected chi connectivity index (χ0v) is 16.9. The molecule has 0 aliphatic carbocycles. The average molecular weight is 428 g/mol. The molecule has 3 N–H and O–H groups in total. The fourth-order valence-corrected chi connectivity index (χ4v) is 3.63. The first kappa shape index (κ1) is 21.3. The Morgan fingerprint density at radius 1 is 1.17 bits per heavy atom. The predicted octanol–water partition coefficient (Wildman–Crippen LogP) is 2.50. The minimum Gasteiger partial charge on any atom is -0.504 e. The van der Waals surface area contributed by atoms with Crippen LogP contribution in [0.2, 0.25) is 0 Å². The van der Waals surface area contributed by atoms with Gasteiger partial charge in [0, 0.05) is 6.54 Å². The van der Waals surface area contributed by atoms with Crippen LogP contribution in [0.3, 0.4) is 0 Å². The molecule has 2 aromatic rings. The lowest BCUT2D eigenvalue weighted by Crippen LogP contribution is -2.40. The third-order valence-electron chi connectivity index (χ3n) is 4.34. The van der Waals surface area contributed by atoms with Gasteiger partial charge in [0.2, 0.25) is 5.91 Å². The highest BCUT2D eigenvalue weighted by molar-refractivity contribution is 8.18. The fourth-order valence-electron chi connectivity index (χ4n) is 2.79. The normalized spacial score (nSPS) is 15.0. The van der Waals surface area contributed by atoms with Crippen LogP contribution in [0.1, 0.15) is 11.1 Å². The number of carbonyl (C=O) groups excluding carboxylic acids is 3. The SMILES string of the molecule is COc1cccc(/C=C2\SC(=O)N(CC(=O)NCCc3ccc(O)c(O)c3)C2=O)c1. The number of nitrogens with zero attached hydrogens (tertiary/aromatic N) is 1. The summed E-state index contributed by atoms with van der Waals surface area (Å²) in [5.74, 6) is -0.817. The number of thioether (sulfide) groups is 1. The van der Waals surface area contributed by atoms with Gasteiger partial charge in [0.15, 0.2) is 11.5 Å².